The predicted molar refractivity (Wildman–Crippen MR) is 149 cm³/mol. The summed E-state index contributed by atoms with van der Waals surface area (Å²) in [7, 11) is 0. The van der Waals surface area contributed by atoms with Crippen molar-refractivity contribution in [3.05, 3.63) is 107 Å². The van der Waals surface area contributed by atoms with E-state index < -0.39 is 6.04 Å². The summed E-state index contributed by atoms with van der Waals surface area (Å²) in [5.41, 5.74) is 3.03. The molecule has 1 atom stereocenters. The van der Waals surface area contributed by atoms with Crippen LogP contribution in [0.4, 0.5) is 4.39 Å². The van der Waals surface area contributed by atoms with Crippen LogP contribution in [-0.2, 0) is 28.3 Å². The maximum absolute atomic E-state index is 13.7. The van der Waals surface area contributed by atoms with Gasteiger partial charge >= 0.3 is 0 Å². The molecule has 6 heteroatoms. The van der Waals surface area contributed by atoms with E-state index in [0.29, 0.717) is 18.6 Å². The molecule has 1 unspecified atom stereocenters. The lowest BCUT2D eigenvalue weighted by atomic mass is 10.0. The SMILES string of the molecule is O=C(NC1CCCC1)C(Cc1ccccc1)N(Cc1ccc(F)cc1)C(=O)CCSCc1ccccc1. The van der Waals surface area contributed by atoms with Crippen molar-refractivity contribution < 1.29 is 14.0 Å². The molecule has 4 rings (SSSR count). The molecule has 1 aliphatic carbocycles. The molecule has 2 amide bonds. The highest BCUT2D eigenvalue weighted by atomic mass is 32.2. The second-order valence-electron chi connectivity index (χ2n) is 9.63. The van der Waals surface area contributed by atoms with Crippen molar-refractivity contribution in [2.75, 3.05) is 5.75 Å². The summed E-state index contributed by atoms with van der Waals surface area (Å²) in [6, 6.07) is 25.7. The molecule has 4 nitrogen and oxygen atoms in total. The van der Waals surface area contributed by atoms with Gasteiger partial charge in [0, 0.05) is 36.9 Å². The van der Waals surface area contributed by atoms with Gasteiger partial charge in [0.2, 0.25) is 11.8 Å². The number of nitrogens with zero attached hydrogens (tertiary/aromatic N) is 1. The normalized spacial score (nSPS) is 14.3. The molecule has 1 aliphatic rings. The van der Waals surface area contributed by atoms with E-state index in [1.54, 1.807) is 28.8 Å². The molecule has 3 aromatic rings. The van der Waals surface area contributed by atoms with Gasteiger partial charge in [-0.25, -0.2) is 4.39 Å². The van der Waals surface area contributed by atoms with Gasteiger partial charge in [0.15, 0.2) is 0 Å². The maximum Gasteiger partial charge on any atom is 0.243 e. The second kappa shape index (κ2) is 14.0. The van der Waals surface area contributed by atoms with Crippen LogP contribution >= 0.6 is 11.8 Å². The number of carbonyl (C=O) groups is 2. The molecule has 3 aromatic carbocycles. The minimum atomic E-state index is -0.639. The number of halogens is 1. The number of rotatable bonds is 12. The number of amides is 2. The summed E-state index contributed by atoms with van der Waals surface area (Å²) in [4.78, 5) is 29.0. The van der Waals surface area contributed by atoms with Gasteiger partial charge in [-0.3, -0.25) is 9.59 Å². The molecular formula is C31H35FN2O2S. The Morgan fingerprint density at radius 3 is 2.14 bits per heavy atom. The third kappa shape index (κ3) is 8.46. The Hall–Kier alpha value is -3.12. The van der Waals surface area contributed by atoms with Gasteiger partial charge in [-0.1, -0.05) is 85.6 Å². The van der Waals surface area contributed by atoms with Gasteiger partial charge in [-0.15, -0.1) is 0 Å². The fraction of sp³-hybridized carbons (Fsp3) is 0.355. The monoisotopic (exact) mass is 518 g/mol. The van der Waals surface area contributed by atoms with Crippen LogP contribution in [-0.4, -0.2) is 34.6 Å². The number of hydrogen-bond acceptors (Lipinski definition) is 3. The minimum absolute atomic E-state index is 0.0626. The lowest BCUT2D eigenvalue weighted by Crippen LogP contribution is -2.52. The molecule has 194 valence electrons. The molecule has 0 saturated heterocycles. The molecule has 0 aliphatic heterocycles. The Balaban J connectivity index is 1.52. The summed E-state index contributed by atoms with van der Waals surface area (Å²) in [6.07, 6.45) is 4.96. The van der Waals surface area contributed by atoms with E-state index in [4.69, 9.17) is 0 Å². The van der Waals surface area contributed by atoms with E-state index in [1.165, 1.54) is 17.7 Å². The second-order valence-corrected chi connectivity index (χ2v) is 10.7. The molecule has 0 aromatic heterocycles. The van der Waals surface area contributed by atoms with E-state index in [1.807, 2.05) is 48.5 Å². The van der Waals surface area contributed by atoms with E-state index >= 15 is 0 Å². The molecule has 0 heterocycles. The summed E-state index contributed by atoms with van der Waals surface area (Å²) in [5, 5.41) is 3.22. The molecule has 1 N–H and O–H groups in total. The minimum Gasteiger partial charge on any atom is -0.352 e. The Morgan fingerprint density at radius 2 is 1.49 bits per heavy atom. The van der Waals surface area contributed by atoms with E-state index in [-0.39, 0.29) is 30.2 Å². The van der Waals surface area contributed by atoms with Crippen LogP contribution < -0.4 is 5.32 Å². The quantitative estimate of drug-likeness (QED) is 0.293. The van der Waals surface area contributed by atoms with Crippen molar-refractivity contribution in [1.82, 2.24) is 10.2 Å². The zero-order chi connectivity index (χ0) is 25.9. The van der Waals surface area contributed by atoms with Crippen LogP contribution in [0.25, 0.3) is 0 Å². The van der Waals surface area contributed by atoms with Crippen molar-refractivity contribution in [3.63, 3.8) is 0 Å². The van der Waals surface area contributed by atoms with Gasteiger partial charge < -0.3 is 10.2 Å². The van der Waals surface area contributed by atoms with Crippen LogP contribution in [0.5, 0.6) is 0 Å². The zero-order valence-corrected chi connectivity index (χ0v) is 22.0. The standard InChI is InChI=1S/C31H35FN2O2S/c32-27-17-15-25(16-18-27)22-34(30(35)19-20-37-23-26-11-5-2-6-12-26)29(21-24-9-3-1-4-10-24)31(36)33-28-13-7-8-14-28/h1-6,9-12,15-18,28-29H,7-8,13-14,19-23H2,(H,33,36). The van der Waals surface area contributed by atoms with Gasteiger partial charge in [0.25, 0.3) is 0 Å². The number of thioether (sulfide) groups is 1. The number of hydrogen-bond donors (Lipinski definition) is 1. The Morgan fingerprint density at radius 1 is 0.865 bits per heavy atom. The number of benzene rings is 3. The Labute approximate surface area is 223 Å². The molecule has 37 heavy (non-hydrogen) atoms. The smallest absolute Gasteiger partial charge is 0.243 e. The van der Waals surface area contributed by atoms with Crippen molar-refractivity contribution in [1.29, 1.82) is 0 Å². The molecule has 0 spiro atoms. The lowest BCUT2D eigenvalue weighted by Gasteiger charge is -2.32. The van der Waals surface area contributed by atoms with Crippen LogP contribution in [0.1, 0.15) is 48.8 Å². The van der Waals surface area contributed by atoms with Crippen molar-refractivity contribution >= 4 is 23.6 Å². The summed E-state index contributed by atoms with van der Waals surface area (Å²) in [5.74, 6) is 1.01. The van der Waals surface area contributed by atoms with E-state index in [0.717, 1.165) is 42.6 Å². The predicted octanol–water partition coefficient (Wildman–Crippen LogP) is 6.15. The first-order valence-corrected chi connectivity index (χ1v) is 14.2. The number of carbonyl (C=O) groups excluding carboxylic acids is 2. The first kappa shape index (κ1) is 26.9. The molecule has 0 bridgehead atoms. The maximum atomic E-state index is 13.7. The average molecular weight is 519 g/mol. The van der Waals surface area contributed by atoms with Gasteiger partial charge in [0.05, 0.1) is 0 Å². The third-order valence-corrected chi connectivity index (χ3v) is 7.84. The Bertz CT molecular complexity index is 1120. The van der Waals surface area contributed by atoms with Crippen molar-refractivity contribution in [2.45, 2.75) is 62.9 Å². The summed E-state index contributed by atoms with van der Waals surface area (Å²) < 4.78 is 13.6. The molecule has 1 fully saturated rings. The average Bonchev–Trinajstić information content (AvgIpc) is 3.44. The molecule has 1 saturated carbocycles. The van der Waals surface area contributed by atoms with Gasteiger partial charge in [-0.2, -0.15) is 11.8 Å². The van der Waals surface area contributed by atoms with Crippen LogP contribution in [0.2, 0.25) is 0 Å². The number of nitrogens with one attached hydrogen (secondary N) is 1. The highest BCUT2D eigenvalue weighted by molar-refractivity contribution is 7.98. The largest absolute Gasteiger partial charge is 0.352 e. The van der Waals surface area contributed by atoms with Crippen molar-refractivity contribution in [3.8, 4) is 0 Å². The highest BCUT2D eigenvalue weighted by Crippen LogP contribution is 2.21. The fourth-order valence-electron chi connectivity index (χ4n) is 4.78. The fourth-order valence-corrected chi connectivity index (χ4v) is 5.67. The van der Waals surface area contributed by atoms with Crippen LogP contribution in [0.15, 0.2) is 84.9 Å². The highest BCUT2D eigenvalue weighted by Gasteiger charge is 2.32. The first-order chi connectivity index (χ1) is 18.1. The molecule has 0 radical (unpaired) electrons. The summed E-state index contributed by atoms with van der Waals surface area (Å²) >= 11 is 1.71. The third-order valence-electron chi connectivity index (χ3n) is 6.81. The van der Waals surface area contributed by atoms with Gasteiger partial charge in [0.1, 0.15) is 11.9 Å². The van der Waals surface area contributed by atoms with Gasteiger partial charge in [-0.05, 0) is 41.7 Å². The van der Waals surface area contributed by atoms with Crippen molar-refractivity contribution in [2.24, 2.45) is 0 Å². The molecular weight excluding hydrogens is 483 g/mol. The summed E-state index contributed by atoms with van der Waals surface area (Å²) in [6.45, 7) is 0.262. The van der Waals surface area contributed by atoms with E-state index in [2.05, 4.69) is 17.4 Å². The van der Waals surface area contributed by atoms with Crippen LogP contribution in [0, 0.1) is 5.82 Å². The lowest BCUT2D eigenvalue weighted by molar-refractivity contribution is -0.141. The first-order valence-electron chi connectivity index (χ1n) is 13.1. The van der Waals surface area contributed by atoms with E-state index in [9.17, 15) is 14.0 Å². The van der Waals surface area contributed by atoms with Crippen LogP contribution in [0.3, 0.4) is 0 Å². The zero-order valence-electron chi connectivity index (χ0n) is 21.2. The Kier molecular flexibility index (Phi) is 10.2. The topological polar surface area (TPSA) is 49.4 Å².